The van der Waals surface area contributed by atoms with Crippen LogP contribution in [-0.2, 0) is 16.6 Å². The molecule has 2 aromatic rings. The third-order valence-electron chi connectivity index (χ3n) is 2.70. The maximum Gasteiger partial charge on any atom is 0.263 e. The summed E-state index contributed by atoms with van der Waals surface area (Å²) in [5.41, 5.74) is 6.87. The molecule has 0 aliphatic rings. The Morgan fingerprint density at radius 1 is 1.24 bits per heavy atom. The Balaban J connectivity index is 2.38. The van der Waals surface area contributed by atoms with Crippen molar-refractivity contribution in [3.63, 3.8) is 0 Å². The lowest BCUT2D eigenvalue weighted by atomic mass is 10.2. The number of anilines is 1. The highest BCUT2D eigenvalue weighted by Crippen LogP contribution is 2.28. The first-order valence-corrected chi connectivity index (χ1v) is 9.53. The third kappa shape index (κ3) is 4.10. The second kappa shape index (κ2) is 6.82. The van der Waals surface area contributed by atoms with Gasteiger partial charge >= 0.3 is 0 Å². The fourth-order valence-electron chi connectivity index (χ4n) is 1.66. The quantitative estimate of drug-likeness (QED) is 0.623. The smallest absolute Gasteiger partial charge is 0.263 e. The van der Waals surface area contributed by atoms with Gasteiger partial charge < -0.3 is 5.73 Å². The van der Waals surface area contributed by atoms with Gasteiger partial charge in [-0.3, -0.25) is 4.72 Å². The molecule has 0 fully saturated rings. The SMILES string of the molecule is NCc1ccc(S(=O)(=O)Nc2ccc(Cl)cc2I)c(Br)c1. The molecule has 4 nitrogen and oxygen atoms in total. The van der Waals surface area contributed by atoms with Crippen molar-refractivity contribution in [2.75, 3.05) is 4.72 Å². The van der Waals surface area contributed by atoms with E-state index in [1.807, 2.05) is 22.6 Å². The number of nitrogens with one attached hydrogen (secondary N) is 1. The maximum atomic E-state index is 12.5. The number of hydrogen-bond donors (Lipinski definition) is 2. The van der Waals surface area contributed by atoms with Crippen molar-refractivity contribution in [1.29, 1.82) is 0 Å². The van der Waals surface area contributed by atoms with E-state index in [2.05, 4.69) is 20.7 Å². The van der Waals surface area contributed by atoms with Crippen LogP contribution in [0, 0.1) is 3.57 Å². The molecule has 0 bridgehead atoms. The first kappa shape index (κ1) is 17.0. The second-order valence-electron chi connectivity index (χ2n) is 4.20. The molecular formula is C13H11BrClIN2O2S. The highest BCUT2D eigenvalue weighted by molar-refractivity contribution is 14.1. The molecule has 112 valence electrons. The van der Waals surface area contributed by atoms with Gasteiger partial charge in [-0.2, -0.15) is 0 Å². The van der Waals surface area contributed by atoms with Gasteiger partial charge in [0.25, 0.3) is 10.0 Å². The van der Waals surface area contributed by atoms with Crippen LogP contribution >= 0.6 is 50.1 Å². The summed E-state index contributed by atoms with van der Waals surface area (Å²) in [6.07, 6.45) is 0. The lowest BCUT2D eigenvalue weighted by Gasteiger charge is -2.12. The summed E-state index contributed by atoms with van der Waals surface area (Å²) in [5.74, 6) is 0. The van der Waals surface area contributed by atoms with Crippen molar-refractivity contribution < 1.29 is 8.42 Å². The zero-order chi connectivity index (χ0) is 15.6. The van der Waals surface area contributed by atoms with Gasteiger partial charge in [0.15, 0.2) is 0 Å². The molecule has 0 amide bonds. The number of sulfonamides is 1. The van der Waals surface area contributed by atoms with Crippen molar-refractivity contribution in [2.45, 2.75) is 11.4 Å². The van der Waals surface area contributed by atoms with Gasteiger partial charge in [0.2, 0.25) is 0 Å². The molecule has 0 saturated carbocycles. The van der Waals surface area contributed by atoms with Gasteiger partial charge in [0, 0.05) is 19.6 Å². The number of nitrogens with two attached hydrogens (primary N) is 1. The Morgan fingerprint density at radius 3 is 2.52 bits per heavy atom. The zero-order valence-corrected chi connectivity index (χ0v) is 15.9. The Hall–Kier alpha value is -0.350. The summed E-state index contributed by atoms with van der Waals surface area (Å²) < 4.78 is 28.6. The van der Waals surface area contributed by atoms with E-state index in [1.165, 1.54) is 6.07 Å². The Morgan fingerprint density at radius 2 is 1.95 bits per heavy atom. The molecule has 21 heavy (non-hydrogen) atoms. The topological polar surface area (TPSA) is 72.2 Å². The molecule has 0 aliphatic heterocycles. The highest BCUT2D eigenvalue weighted by atomic mass is 127. The third-order valence-corrected chi connectivity index (χ3v) is 6.17. The van der Waals surface area contributed by atoms with Gasteiger partial charge in [0.1, 0.15) is 4.90 Å². The molecule has 3 N–H and O–H groups in total. The lowest BCUT2D eigenvalue weighted by Crippen LogP contribution is -2.14. The largest absolute Gasteiger partial charge is 0.326 e. The predicted molar refractivity (Wildman–Crippen MR) is 97.0 cm³/mol. The van der Waals surface area contributed by atoms with Crippen molar-refractivity contribution in [2.24, 2.45) is 5.73 Å². The van der Waals surface area contributed by atoms with E-state index in [0.717, 1.165) is 9.13 Å². The maximum absolute atomic E-state index is 12.5. The van der Waals surface area contributed by atoms with Crippen LogP contribution in [0.15, 0.2) is 45.8 Å². The molecule has 8 heteroatoms. The van der Waals surface area contributed by atoms with Crippen LogP contribution in [0.1, 0.15) is 5.56 Å². The summed E-state index contributed by atoms with van der Waals surface area (Å²) in [4.78, 5) is 0.158. The summed E-state index contributed by atoms with van der Waals surface area (Å²) in [7, 11) is -3.69. The van der Waals surface area contributed by atoms with E-state index in [1.54, 1.807) is 30.3 Å². The second-order valence-corrected chi connectivity index (χ2v) is 8.30. The van der Waals surface area contributed by atoms with E-state index < -0.39 is 10.0 Å². The molecule has 2 rings (SSSR count). The summed E-state index contributed by atoms with van der Waals surface area (Å²) in [6, 6.07) is 9.86. The fourth-order valence-corrected chi connectivity index (χ4v) is 5.06. The van der Waals surface area contributed by atoms with E-state index in [4.69, 9.17) is 17.3 Å². The van der Waals surface area contributed by atoms with Crippen LogP contribution in [0.3, 0.4) is 0 Å². The molecular weight excluding hydrogens is 490 g/mol. The average molecular weight is 502 g/mol. The normalized spacial score (nSPS) is 11.4. The van der Waals surface area contributed by atoms with Gasteiger partial charge in [-0.25, -0.2) is 8.42 Å². The molecule has 0 aromatic heterocycles. The lowest BCUT2D eigenvalue weighted by molar-refractivity contribution is 0.600. The Labute approximate surface area is 150 Å². The molecule has 0 spiro atoms. The minimum atomic E-state index is -3.69. The number of hydrogen-bond acceptors (Lipinski definition) is 3. The van der Waals surface area contributed by atoms with Gasteiger partial charge in [-0.1, -0.05) is 17.7 Å². The van der Waals surface area contributed by atoms with Crippen LogP contribution in [0.5, 0.6) is 0 Å². The van der Waals surface area contributed by atoms with Crippen LogP contribution in [0.2, 0.25) is 5.02 Å². The molecule has 0 saturated heterocycles. The first-order valence-electron chi connectivity index (χ1n) is 5.80. The first-order chi connectivity index (χ1) is 9.83. The molecule has 0 unspecified atom stereocenters. The van der Waals surface area contributed by atoms with Crippen LogP contribution < -0.4 is 10.5 Å². The fraction of sp³-hybridized carbons (Fsp3) is 0.0769. The van der Waals surface area contributed by atoms with Crippen LogP contribution in [0.25, 0.3) is 0 Å². The molecule has 2 aromatic carbocycles. The Bertz CT molecular complexity index is 784. The number of benzene rings is 2. The van der Waals surface area contributed by atoms with Gasteiger partial charge in [-0.15, -0.1) is 0 Å². The van der Waals surface area contributed by atoms with Crippen molar-refractivity contribution in [3.8, 4) is 0 Å². The van der Waals surface area contributed by atoms with Crippen molar-refractivity contribution >= 4 is 65.8 Å². The van der Waals surface area contributed by atoms with Crippen LogP contribution in [-0.4, -0.2) is 8.42 Å². The summed E-state index contributed by atoms with van der Waals surface area (Å²) >= 11 is 11.2. The summed E-state index contributed by atoms with van der Waals surface area (Å²) in [6.45, 7) is 0.349. The van der Waals surface area contributed by atoms with Gasteiger partial charge in [-0.05, 0) is 74.4 Å². The molecule has 0 radical (unpaired) electrons. The predicted octanol–water partition coefficient (Wildman–Crippen LogP) is 3.97. The standard InChI is InChI=1S/C13H11BrClIN2O2S/c14-10-5-8(7-17)1-4-13(10)21(19,20)18-12-3-2-9(15)6-11(12)16/h1-6,18H,7,17H2. The van der Waals surface area contributed by atoms with E-state index in [-0.39, 0.29) is 4.90 Å². The molecule has 0 heterocycles. The van der Waals surface area contributed by atoms with Crippen molar-refractivity contribution in [3.05, 3.63) is 55.0 Å². The van der Waals surface area contributed by atoms with E-state index >= 15 is 0 Å². The number of rotatable bonds is 4. The minimum absolute atomic E-state index is 0.158. The van der Waals surface area contributed by atoms with E-state index in [9.17, 15) is 8.42 Å². The average Bonchev–Trinajstić information content (AvgIpc) is 2.41. The monoisotopic (exact) mass is 500 g/mol. The van der Waals surface area contributed by atoms with Crippen LogP contribution in [0.4, 0.5) is 5.69 Å². The Kier molecular flexibility index (Phi) is 5.53. The van der Waals surface area contributed by atoms with Gasteiger partial charge in [0.05, 0.1) is 5.69 Å². The summed E-state index contributed by atoms with van der Waals surface area (Å²) in [5, 5.41) is 0.552. The number of halogens is 3. The zero-order valence-electron chi connectivity index (χ0n) is 10.6. The molecule has 0 atom stereocenters. The van der Waals surface area contributed by atoms with E-state index in [0.29, 0.717) is 21.7 Å². The molecule has 0 aliphatic carbocycles. The minimum Gasteiger partial charge on any atom is -0.326 e. The highest BCUT2D eigenvalue weighted by Gasteiger charge is 2.19. The van der Waals surface area contributed by atoms with Crippen molar-refractivity contribution in [1.82, 2.24) is 0 Å².